The molecule has 0 saturated heterocycles. The van der Waals surface area contributed by atoms with Gasteiger partial charge in [-0.3, -0.25) is 18.5 Å². The van der Waals surface area contributed by atoms with E-state index in [-0.39, 0.29) is 17.3 Å². The first-order chi connectivity index (χ1) is 11.4. The number of allylic oxidation sites excluding steroid dienone is 1. The Balaban J connectivity index is 2.40. The highest BCUT2D eigenvalue weighted by Crippen LogP contribution is 2.29. The van der Waals surface area contributed by atoms with Crippen molar-refractivity contribution >= 4 is 22.8 Å². The van der Waals surface area contributed by atoms with Gasteiger partial charge in [-0.15, -0.1) is 0 Å². The van der Waals surface area contributed by atoms with Crippen LogP contribution in [0.15, 0.2) is 26.8 Å². The van der Waals surface area contributed by atoms with Crippen molar-refractivity contribution in [2.45, 2.75) is 40.3 Å². The van der Waals surface area contributed by atoms with E-state index < -0.39 is 0 Å². The van der Waals surface area contributed by atoms with E-state index in [1.165, 1.54) is 9.13 Å². The number of imidazole rings is 1. The molecule has 1 atom stereocenters. The van der Waals surface area contributed by atoms with Gasteiger partial charge in [-0.1, -0.05) is 12.2 Å². The van der Waals surface area contributed by atoms with Crippen molar-refractivity contribution in [3.8, 4) is 0 Å². The second-order valence-electron chi connectivity index (χ2n) is 5.91. The minimum atomic E-state index is -0.351. The van der Waals surface area contributed by atoms with Crippen molar-refractivity contribution in [2.24, 2.45) is 12.1 Å². The van der Waals surface area contributed by atoms with Gasteiger partial charge in [0.25, 0.3) is 5.56 Å². The average molecular weight is 330 g/mol. The monoisotopic (exact) mass is 330 g/mol. The molecule has 0 N–H and O–H groups in total. The Labute approximate surface area is 139 Å². The van der Waals surface area contributed by atoms with Gasteiger partial charge in [0.2, 0.25) is 5.95 Å². The molecule has 3 heterocycles. The highest BCUT2D eigenvalue weighted by Gasteiger charge is 2.29. The Hall–Kier alpha value is -2.64. The van der Waals surface area contributed by atoms with Gasteiger partial charge < -0.3 is 0 Å². The molecule has 8 heteroatoms. The summed E-state index contributed by atoms with van der Waals surface area (Å²) in [6.07, 6.45) is 3.91. The molecule has 0 aromatic carbocycles. The van der Waals surface area contributed by atoms with Crippen LogP contribution in [-0.4, -0.2) is 30.9 Å². The third-order valence-electron chi connectivity index (χ3n) is 4.49. The molecule has 3 rings (SSSR count). The van der Waals surface area contributed by atoms with Gasteiger partial charge in [0.1, 0.15) is 0 Å². The van der Waals surface area contributed by atoms with Crippen molar-refractivity contribution in [3.63, 3.8) is 0 Å². The number of hydrogen-bond donors (Lipinski definition) is 0. The van der Waals surface area contributed by atoms with Gasteiger partial charge in [0.05, 0.1) is 18.3 Å². The summed E-state index contributed by atoms with van der Waals surface area (Å²) < 4.78 is 4.55. The van der Waals surface area contributed by atoms with E-state index in [1.54, 1.807) is 19.0 Å². The maximum absolute atomic E-state index is 12.9. The smallest absolute Gasteiger partial charge is 0.294 e. The molecule has 2 aromatic rings. The summed E-state index contributed by atoms with van der Waals surface area (Å²) in [5.74, 6) is 0.585. The van der Waals surface area contributed by atoms with E-state index in [1.807, 2.05) is 37.5 Å². The van der Waals surface area contributed by atoms with Crippen LogP contribution in [0, 0.1) is 0 Å². The molecule has 0 saturated carbocycles. The first-order valence-corrected chi connectivity index (χ1v) is 8.07. The fourth-order valence-electron chi connectivity index (χ4n) is 2.99. The lowest BCUT2D eigenvalue weighted by molar-refractivity contribution is 0.623. The molecule has 0 bridgehead atoms. The number of rotatable bonds is 3. The highest BCUT2D eigenvalue weighted by molar-refractivity contribution is 5.91. The van der Waals surface area contributed by atoms with Gasteiger partial charge in [-0.25, -0.2) is 9.80 Å². The van der Waals surface area contributed by atoms with Gasteiger partial charge in [-0.2, -0.15) is 10.1 Å². The molecule has 24 heavy (non-hydrogen) atoms. The van der Waals surface area contributed by atoms with Crippen LogP contribution in [0.3, 0.4) is 0 Å². The van der Waals surface area contributed by atoms with Crippen LogP contribution in [0.1, 0.15) is 33.7 Å². The van der Waals surface area contributed by atoms with Crippen molar-refractivity contribution in [3.05, 3.63) is 33.0 Å². The summed E-state index contributed by atoms with van der Waals surface area (Å²) in [5, 5.41) is 6.34. The molecule has 0 aliphatic carbocycles. The minimum Gasteiger partial charge on any atom is -0.294 e. The van der Waals surface area contributed by atoms with Crippen molar-refractivity contribution in [1.82, 2.24) is 18.7 Å². The Kier molecular flexibility index (Phi) is 3.90. The van der Waals surface area contributed by atoms with Crippen molar-refractivity contribution in [1.29, 1.82) is 0 Å². The minimum absolute atomic E-state index is 0.0950. The first kappa shape index (κ1) is 16.2. The van der Waals surface area contributed by atoms with Crippen LogP contribution in [0.25, 0.3) is 11.2 Å². The summed E-state index contributed by atoms with van der Waals surface area (Å²) in [6, 6.07) is -0.0950. The SMILES string of the molecule is C/C=C/CN1N=C(C)C(C)n2c1nc1c2c(=O)n(CC)c(=O)n1C. The number of hydrogen-bond acceptors (Lipinski definition) is 5. The Morgan fingerprint density at radius 2 is 2.00 bits per heavy atom. The number of anilines is 1. The molecule has 2 aromatic heterocycles. The van der Waals surface area contributed by atoms with Crippen molar-refractivity contribution < 1.29 is 0 Å². The molecule has 1 aliphatic rings. The standard InChI is InChI=1S/C16H22N6O2/c1-6-8-9-21-15-17-13-12(22(15)11(4)10(3)18-21)14(23)20(7-2)16(24)19(13)5/h6,8,11H,7,9H2,1-5H3/b8-6+. The van der Waals surface area contributed by atoms with E-state index in [4.69, 9.17) is 0 Å². The zero-order valence-electron chi connectivity index (χ0n) is 14.6. The lowest BCUT2D eigenvalue weighted by Gasteiger charge is -2.28. The number of fused-ring (bicyclic) bond motifs is 3. The van der Waals surface area contributed by atoms with Gasteiger partial charge in [0, 0.05) is 13.6 Å². The van der Waals surface area contributed by atoms with Crippen LogP contribution < -0.4 is 16.3 Å². The summed E-state index contributed by atoms with van der Waals surface area (Å²) in [7, 11) is 1.64. The van der Waals surface area contributed by atoms with E-state index in [9.17, 15) is 9.59 Å². The van der Waals surface area contributed by atoms with Crippen LogP contribution >= 0.6 is 0 Å². The summed E-state index contributed by atoms with van der Waals surface area (Å²) >= 11 is 0. The number of aryl methyl sites for hydroxylation is 1. The number of nitrogens with zero attached hydrogens (tertiary/aromatic N) is 6. The van der Waals surface area contributed by atoms with Crippen LogP contribution in [0.2, 0.25) is 0 Å². The van der Waals surface area contributed by atoms with Gasteiger partial charge in [0.15, 0.2) is 11.2 Å². The quantitative estimate of drug-likeness (QED) is 0.794. The molecule has 1 aliphatic heterocycles. The fourth-order valence-corrected chi connectivity index (χ4v) is 2.99. The average Bonchev–Trinajstić information content (AvgIpc) is 2.96. The van der Waals surface area contributed by atoms with Crippen LogP contribution in [0.5, 0.6) is 0 Å². The van der Waals surface area contributed by atoms with Gasteiger partial charge >= 0.3 is 5.69 Å². The predicted molar refractivity (Wildman–Crippen MR) is 94.9 cm³/mol. The molecule has 0 radical (unpaired) electrons. The fraction of sp³-hybridized carbons (Fsp3) is 0.500. The third kappa shape index (κ3) is 2.13. The lowest BCUT2D eigenvalue weighted by Crippen LogP contribution is -2.40. The summed E-state index contributed by atoms with van der Waals surface area (Å²) in [4.78, 5) is 29.8. The maximum atomic E-state index is 12.9. The topological polar surface area (TPSA) is 77.4 Å². The molecule has 0 amide bonds. The summed E-state index contributed by atoms with van der Waals surface area (Å²) in [6.45, 7) is 8.53. The zero-order valence-corrected chi connectivity index (χ0v) is 14.6. The predicted octanol–water partition coefficient (Wildman–Crippen LogP) is 1.25. The highest BCUT2D eigenvalue weighted by atomic mass is 16.2. The second kappa shape index (κ2) is 5.77. The molecule has 1 unspecified atom stereocenters. The Morgan fingerprint density at radius 3 is 2.62 bits per heavy atom. The molecular formula is C16H22N6O2. The normalized spacial score (nSPS) is 17.6. The summed E-state index contributed by atoms with van der Waals surface area (Å²) in [5.41, 5.74) is 1.08. The maximum Gasteiger partial charge on any atom is 0.332 e. The molecule has 0 spiro atoms. The number of aromatic nitrogens is 4. The zero-order chi connectivity index (χ0) is 17.6. The largest absolute Gasteiger partial charge is 0.332 e. The van der Waals surface area contributed by atoms with Crippen LogP contribution in [-0.2, 0) is 13.6 Å². The van der Waals surface area contributed by atoms with E-state index in [0.717, 1.165) is 5.71 Å². The first-order valence-electron chi connectivity index (χ1n) is 8.07. The molecule has 0 fully saturated rings. The lowest BCUT2D eigenvalue weighted by atomic mass is 10.2. The Bertz CT molecular complexity index is 975. The third-order valence-corrected chi connectivity index (χ3v) is 4.49. The molecular weight excluding hydrogens is 308 g/mol. The Morgan fingerprint density at radius 1 is 1.29 bits per heavy atom. The van der Waals surface area contributed by atoms with E-state index in [2.05, 4.69) is 10.1 Å². The van der Waals surface area contributed by atoms with Gasteiger partial charge in [-0.05, 0) is 27.7 Å². The van der Waals surface area contributed by atoms with Crippen molar-refractivity contribution in [2.75, 3.05) is 11.6 Å². The van der Waals surface area contributed by atoms with E-state index in [0.29, 0.717) is 30.2 Å². The van der Waals surface area contributed by atoms with Crippen LogP contribution in [0.4, 0.5) is 5.95 Å². The second-order valence-corrected chi connectivity index (χ2v) is 5.91. The number of hydrazone groups is 1. The molecule has 8 nitrogen and oxygen atoms in total. The molecule has 128 valence electrons. The van der Waals surface area contributed by atoms with E-state index >= 15 is 0 Å².